The molecule has 0 aliphatic heterocycles. The highest BCUT2D eigenvalue weighted by Crippen LogP contribution is 2.22. The van der Waals surface area contributed by atoms with E-state index in [2.05, 4.69) is 9.71 Å². The van der Waals surface area contributed by atoms with E-state index in [1.54, 1.807) is 17.6 Å². The minimum Gasteiger partial charge on any atom is -0.248 e. The molecule has 0 saturated carbocycles. The molecule has 0 saturated heterocycles. The Bertz CT molecular complexity index is 767. The van der Waals surface area contributed by atoms with Gasteiger partial charge in [-0.1, -0.05) is 6.92 Å². The average Bonchev–Trinajstić information content (AvgIpc) is 2.99. The molecule has 1 atom stereocenters. The van der Waals surface area contributed by atoms with Gasteiger partial charge >= 0.3 is 0 Å². The van der Waals surface area contributed by atoms with Crippen LogP contribution in [-0.4, -0.2) is 13.4 Å². The van der Waals surface area contributed by atoms with Crippen LogP contribution in [0.25, 0.3) is 0 Å². The van der Waals surface area contributed by atoms with E-state index in [4.69, 9.17) is 5.26 Å². The van der Waals surface area contributed by atoms with E-state index in [0.29, 0.717) is 11.4 Å². The molecule has 0 spiro atoms. The van der Waals surface area contributed by atoms with Crippen LogP contribution < -0.4 is 4.72 Å². The van der Waals surface area contributed by atoms with Crippen LogP contribution in [0.3, 0.4) is 0 Å². The third-order valence-corrected chi connectivity index (χ3v) is 5.18. The van der Waals surface area contributed by atoms with Gasteiger partial charge in [-0.15, -0.1) is 11.3 Å². The third-order valence-electron chi connectivity index (χ3n) is 2.82. The van der Waals surface area contributed by atoms with E-state index < -0.39 is 21.9 Å². The molecule has 1 aromatic carbocycles. The lowest BCUT2D eigenvalue weighted by Crippen LogP contribution is -2.28. The Morgan fingerprint density at radius 1 is 1.52 bits per heavy atom. The predicted octanol–water partition coefficient (Wildman–Crippen LogP) is 2.58. The summed E-state index contributed by atoms with van der Waals surface area (Å²) < 4.78 is 40.4. The second-order valence-corrected chi connectivity index (χ2v) is 6.85. The first-order valence-electron chi connectivity index (χ1n) is 6.09. The van der Waals surface area contributed by atoms with Crippen molar-refractivity contribution in [2.75, 3.05) is 0 Å². The normalized spacial score (nSPS) is 12.8. The molecule has 8 heteroatoms. The van der Waals surface area contributed by atoms with Crippen LogP contribution in [0.2, 0.25) is 0 Å². The lowest BCUT2D eigenvalue weighted by atomic mass is 10.2. The fourth-order valence-corrected chi connectivity index (χ4v) is 3.88. The molecule has 0 radical (unpaired) electrons. The van der Waals surface area contributed by atoms with E-state index in [9.17, 15) is 12.8 Å². The minimum absolute atomic E-state index is 0.143. The number of nitrogens with zero attached hydrogens (tertiary/aromatic N) is 2. The second kappa shape index (κ2) is 6.30. The van der Waals surface area contributed by atoms with Crippen molar-refractivity contribution >= 4 is 21.4 Å². The van der Waals surface area contributed by atoms with Crippen LogP contribution in [0.15, 0.2) is 34.7 Å². The van der Waals surface area contributed by atoms with Crippen molar-refractivity contribution in [2.45, 2.75) is 24.3 Å². The lowest BCUT2D eigenvalue weighted by molar-refractivity contribution is 0.548. The molecule has 1 N–H and O–H groups in total. The number of nitriles is 1. The third kappa shape index (κ3) is 3.44. The van der Waals surface area contributed by atoms with Crippen molar-refractivity contribution < 1.29 is 12.8 Å². The summed E-state index contributed by atoms with van der Waals surface area (Å²) in [6, 6.07) is 4.29. The van der Waals surface area contributed by atoms with E-state index in [-0.39, 0.29) is 10.5 Å². The minimum atomic E-state index is -3.85. The summed E-state index contributed by atoms with van der Waals surface area (Å²) in [6.07, 6.45) is 2.13. The van der Waals surface area contributed by atoms with Crippen molar-refractivity contribution in [3.8, 4) is 6.07 Å². The molecule has 0 bridgehead atoms. The number of benzene rings is 1. The molecule has 0 amide bonds. The SMILES string of the molecule is CCC(NS(=O)(=O)c1ccc(F)c(C#N)c1)c1nccs1. The van der Waals surface area contributed by atoms with Gasteiger partial charge in [-0.25, -0.2) is 22.5 Å². The van der Waals surface area contributed by atoms with Gasteiger partial charge in [0.2, 0.25) is 10.0 Å². The molecule has 5 nitrogen and oxygen atoms in total. The van der Waals surface area contributed by atoms with Crippen molar-refractivity contribution in [3.05, 3.63) is 46.2 Å². The summed E-state index contributed by atoms with van der Waals surface area (Å²) in [6.45, 7) is 1.83. The summed E-state index contributed by atoms with van der Waals surface area (Å²) in [5.41, 5.74) is -0.305. The van der Waals surface area contributed by atoms with Crippen molar-refractivity contribution in [2.24, 2.45) is 0 Å². The Labute approximate surface area is 126 Å². The van der Waals surface area contributed by atoms with Gasteiger partial charge in [0.1, 0.15) is 16.9 Å². The molecule has 21 heavy (non-hydrogen) atoms. The van der Waals surface area contributed by atoms with Crippen LogP contribution >= 0.6 is 11.3 Å². The van der Waals surface area contributed by atoms with E-state index in [1.165, 1.54) is 11.3 Å². The Kier molecular flexibility index (Phi) is 4.67. The Balaban J connectivity index is 2.32. The summed E-state index contributed by atoms with van der Waals surface area (Å²) in [5.74, 6) is -0.747. The van der Waals surface area contributed by atoms with Gasteiger partial charge in [0, 0.05) is 11.6 Å². The van der Waals surface area contributed by atoms with Gasteiger partial charge < -0.3 is 0 Å². The average molecular weight is 325 g/mol. The number of hydrogen-bond donors (Lipinski definition) is 1. The Morgan fingerprint density at radius 3 is 2.86 bits per heavy atom. The summed E-state index contributed by atoms with van der Waals surface area (Å²) in [4.78, 5) is 3.95. The summed E-state index contributed by atoms with van der Waals surface area (Å²) in [5, 5.41) is 11.2. The fourth-order valence-electron chi connectivity index (χ4n) is 1.73. The van der Waals surface area contributed by atoms with E-state index in [1.807, 2.05) is 6.92 Å². The van der Waals surface area contributed by atoms with Crippen LogP contribution in [0, 0.1) is 17.1 Å². The highest BCUT2D eigenvalue weighted by Gasteiger charge is 2.22. The van der Waals surface area contributed by atoms with Crippen molar-refractivity contribution in [1.82, 2.24) is 9.71 Å². The van der Waals surface area contributed by atoms with Crippen LogP contribution in [0.4, 0.5) is 4.39 Å². The zero-order valence-corrected chi connectivity index (χ0v) is 12.7. The molecule has 2 rings (SSSR count). The maximum Gasteiger partial charge on any atom is 0.241 e. The fraction of sp³-hybridized carbons (Fsp3) is 0.231. The molecular weight excluding hydrogens is 313 g/mol. The highest BCUT2D eigenvalue weighted by atomic mass is 32.2. The van der Waals surface area contributed by atoms with Gasteiger partial charge in [0.15, 0.2) is 0 Å². The molecule has 1 heterocycles. The standard InChI is InChI=1S/C13H12FN3O2S2/c1-2-12(13-16-5-6-20-13)17-21(18,19)10-3-4-11(14)9(7-10)8-15/h3-7,12,17H,2H2,1H3. The van der Waals surface area contributed by atoms with Gasteiger partial charge in [-0.05, 0) is 24.6 Å². The topological polar surface area (TPSA) is 82.9 Å². The lowest BCUT2D eigenvalue weighted by Gasteiger charge is -2.15. The predicted molar refractivity (Wildman–Crippen MR) is 76.6 cm³/mol. The van der Waals surface area contributed by atoms with Gasteiger partial charge in [-0.2, -0.15) is 5.26 Å². The van der Waals surface area contributed by atoms with Crippen LogP contribution in [-0.2, 0) is 10.0 Å². The number of thiazole rings is 1. The zero-order valence-electron chi connectivity index (χ0n) is 11.1. The molecular formula is C13H12FN3O2S2. The number of rotatable bonds is 5. The molecule has 0 fully saturated rings. The molecule has 110 valence electrons. The van der Waals surface area contributed by atoms with Crippen LogP contribution in [0.1, 0.15) is 30.0 Å². The monoisotopic (exact) mass is 325 g/mol. The van der Waals surface area contributed by atoms with E-state index in [0.717, 1.165) is 18.2 Å². The largest absolute Gasteiger partial charge is 0.248 e. The zero-order chi connectivity index (χ0) is 15.5. The second-order valence-electron chi connectivity index (χ2n) is 4.21. The van der Waals surface area contributed by atoms with Gasteiger partial charge in [0.05, 0.1) is 16.5 Å². The Hall–Kier alpha value is -1.82. The number of halogens is 1. The smallest absolute Gasteiger partial charge is 0.241 e. The first-order valence-corrected chi connectivity index (χ1v) is 8.45. The summed E-state index contributed by atoms with van der Waals surface area (Å²) >= 11 is 1.35. The Morgan fingerprint density at radius 2 is 2.29 bits per heavy atom. The molecule has 1 aromatic heterocycles. The van der Waals surface area contributed by atoms with Gasteiger partial charge in [0.25, 0.3) is 0 Å². The maximum absolute atomic E-state index is 13.3. The number of hydrogen-bond acceptors (Lipinski definition) is 5. The highest BCUT2D eigenvalue weighted by molar-refractivity contribution is 7.89. The van der Waals surface area contributed by atoms with Gasteiger partial charge in [-0.3, -0.25) is 0 Å². The maximum atomic E-state index is 13.3. The molecule has 1 unspecified atom stereocenters. The number of sulfonamides is 1. The first kappa shape index (κ1) is 15.6. The molecule has 0 aliphatic carbocycles. The number of nitrogens with one attached hydrogen (secondary N) is 1. The van der Waals surface area contributed by atoms with E-state index >= 15 is 0 Å². The molecule has 2 aromatic rings. The van der Waals surface area contributed by atoms with Crippen molar-refractivity contribution in [1.29, 1.82) is 5.26 Å². The molecule has 0 aliphatic rings. The van der Waals surface area contributed by atoms with Crippen LogP contribution in [0.5, 0.6) is 0 Å². The number of aromatic nitrogens is 1. The summed E-state index contributed by atoms with van der Waals surface area (Å²) in [7, 11) is -3.85. The van der Waals surface area contributed by atoms with Crippen molar-refractivity contribution in [3.63, 3.8) is 0 Å². The quantitative estimate of drug-likeness (QED) is 0.916. The first-order chi connectivity index (χ1) is 9.97.